The molecule has 2 aromatic carbocycles. The maximum atomic E-state index is 13.0. The molecule has 1 atom stereocenters. The van der Waals surface area contributed by atoms with Crippen LogP contribution in [0.3, 0.4) is 0 Å². The summed E-state index contributed by atoms with van der Waals surface area (Å²) >= 11 is 0. The van der Waals surface area contributed by atoms with Gasteiger partial charge in [-0.25, -0.2) is 8.42 Å². The average molecular weight is 444 g/mol. The Morgan fingerprint density at radius 2 is 1.81 bits per heavy atom. The van der Waals surface area contributed by atoms with E-state index < -0.39 is 15.9 Å². The van der Waals surface area contributed by atoms with E-state index >= 15 is 0 Å². The average Bonchev–Trinajstić information content (AvgIpc) is 2.78. The van der Waals surface area contributed by atoms with E-state index in [1.165, 1.54) is 16.4 Å². The molecule has 1 aliphatic heterocycles. The van der Waals surface area contributed by atoms with Gasteiger partial charge >= 0.3 is 0 Å². The Kier molecular flexibility index (Phi) is 7.81. The quantitative estimate of drug-likeness (QED) is 0.655. The van der Waals surface area contributed by atoms with Gasteiger partial charge in [-0.3, -0.25) is 9.59 Å². The van der Waals surface area contributed by atoms with Crippen LogP contribution in [0.1, 0.15) is 42.1 Å². The first-order chi connectivity index (χ1) is 14.9. The van der Waals surface area contributed by atoms with Crippen molar-refractivity contribution >= 4 is 21.8 Å². The lowest BCUT2D eigenvalue weighted by Crippen LogP contribution is -2.42. The van der Waals surface area contributed by atoms with E-state index in [4.69, 9.17) is 0 Å². The standard InChI is InChI=1S/C23H29N3O4S/c1-18-8-5-6-15-26(18)31(29,30)21-12-7-11-20(16-21)23(28)25-17-22(27)24-14-13-19-9-3-2-4-10-19/h2-4,7,9-12,16,18H,5-6,8,13-15,17H2,1H3,(H,24,27)(H,25,28). The second kappa shape index (κ2) is 10.5. The molecule has 1 unspecified atom stereocenters. The molecule has 0 aromatic heterocycles. The predicted molar refractivity (Wildman–Crippen MR) is 119 cm³/mol. The number of hydrogen-bond acceptors (Lipinski definition) is 4. The van der Waals surface area contributed by atoms with Gasteiger partial charge in [-0.05, 0) is 49.9 Å². The molecular weight excluding hydrogens is 414 g/mol. The van der Waals surface area contributed by atoms with Gasteiger partial charge in [-0.2, -0.15) is 4.31 Å². The zero-order valence-electron chi connectivity index (χ0n) is 17.7. The van der Waals surface area contributed by atoms with Crippen LogP contribution in [-0.2, 0) is 21.2 Å². The van der Waals surface area contributed by atoms with Gasteiger partial charge < -0.3 is 10.6 Å². The van der Waals surface area contributed by atoms with Crippen LogP contribution >= 0.6 is 0 Å². The molecule has 2 amide bonds. The van der Waals surface area contributed by atoms with Gasteiger partial charge in [0.15, 0.2) is 0 Å². The molecule has 0 aliphatic carbocycles. The second-order valence-corrected chi connectivity index (χ2v) is 9.65. The van der Waals surface area contributed by atoms with Crippen molar-refractivity contribution < 1.29 is 18.0 Å². The highest BCUT2D eigenvalue weighted by atomic mass is 32.2. The van der Waals surface area contributed by atoms with Crippen molar-refractivity contribution in [2.24, 2.45) is 0 Å². The Balaban J connectivity index is 1.54. The van der Waals surface area contributed by atoms with Crippen molar-refractivity contribution in [3.63, 3.8) is 0 Å². The van der Waals surface area contributed by atoms with Crippen LogP contribution in [0.2, 0.25) is 0 Å². The molecule has 0 saturated carbocycles. The van der Waals surface area contributed by atoms with Crippen molar-refractivity contribution in [2.45, 2.75) is 43.5 Å². The third-order valence-electron chi connectivity index (χ3n) is 5.43. The minimum atomic E-state index is -3.66. The first-order valence-electron chi connectivity index (χ1n) is 10.6. The number of nitrogens with one attached hydrogen (secondary N) is 2. The zero-order chi connectivity index (χ0) is 22.3. The number of rotatable bonds is 8. The largest absolute Gasteiger partial charge is 0.354 e. The molecule has 1 saturated heterocycles. The second-order valence-electron chi connectivity index (χ2n) is 7.76. The summed E-state index contributed by atoms with van der Waals surface area (Å²) in [6, 6.07) is 15.7. The molecular formula is C23H29N3O4S. The van der Waals surface area contributed by atoms with E-state index in [1.54, 1.807) is 12.1 Å². The zero-order valence-corrected chi connectivity index (χ0v) is 18.5. The highest BCUT2D eigenvalue weighted by Crippen LogP contribution is 2.25. The fourth-order valence-corrected chi connectivity index (χ4v) is 5.42. The minimum absolute atomic E-state index is 0.0594. The number of sulfonamides is 1. The lowest BCUT2D eigenvalue weighted by Gasteiger charge is -2.32. The Morgan fingerprint density at radius 1 is 1.03 bits per heavy atom. The third kappa shape index (κ3) is 6.15. The first kappa shape index (κ1) is 23.0. The lowest BCUT2D eigenvalue weighted by molar-refractivity contribution is -0.120. The summed E-state index contributed by atoms with van der Waals surface area (Å²) in [5.74, 6) is -0.780. The van der Waals surface area contributed by atoms with Crippen LogP contribution in [0, 0.1) is 0 Å². The topological polar surface area (TPSA) is 95.6 Å². The summed E-state index contributed by atoms with van der Waals surface area (Å²) in [5.41, 5.74) is 1.33. The molecule has 3 rings (SSSR count). The van der Waals surface area contributed by atoms with Crippen LogP contribution in [0.5, 0.6) is 0 Å². The van der Waals surface area contributed by atoms with E-state index in [0.29, 0.717) is 19.5 Å². The number of benzene rings is 2. The molecule has 0 radical (unpaired) electrons. The van der Waals surface area contributed by atoms with Crippen molar-refractivity contribution in [3.05, 3.63) is 65.7 Å². The smallest absolute Gasteiger partial charge is 0.251 e. The fraction of sp³-hybridized carbons (Fsp3) is 0.391. The normalized spacial score (nSPS) is 17.1. The van der Waals surface area contributed by atoms with Gasteiger partial charge in [-0.1, -0.05) is 42.8 Å². The van der Waals surface area contributed by atoms with Gasteiger partial charge in [0.2, 0.25) is 15.9 Å². The summed E-state index contributed by atoms with van der Waals surface area (Å²) in [7, 11) is -3.66. The van der Waals surface area contributed by atoms with Gasteiger partial charge in [-0.15, -0.1) is 0 Å². The highest BCUT2D eigenvalue weighted by molar-refractivity contribution is 7.89. The van der Waals surface area contributed by atoms with Crippen LogP contribution < -0.4 is 10.6 Å². The van der Waals surface area contributed by atoms with E-state index in [1.807, 2.05) is 37.3 Å². The number of carbonyl (C=O) groups excluding carboxylic acids is 2. The SMILES string of the molecule is CC1CCCCN1S(=O)(=O)c1cccc(C(=O)NCC(=O)NCCc2ccccc2)c1. The summed E-state index contributed by atoms with van der Waals surface area (Å²) in [6.07, 6.45) is 3.39. The van der Waals surface area contributed by atoms with Gasteiger partial charge in [0.25, 0.3) is 5.91 Å². The summed E-state index contributed by atoms with van der Waals surface area (Å²) in [4.78, 5) is 24.6. The van der Waals surface area contributed by atoms with Crippen LogP contribution in [-0.4, -0.2) is 50.2 Å². The van der Waals surface area contributed by atoms with E-state index in [2.05, 4.69) is 10.6 Å². The maximum absolute atomic E-state index is 13.0. The molecule has 0 spiro atoms. The molecule has 1 fully saturated rings. The Labute approximate surface area is 183 Å². The minimum Gasteiger partial charge on any atom is -0.354 e. The molecule has 1 aliphatic rings. The predicted octanol–water partition coefficient (Wildman–Crippen LogP) is 2.34. The third-order valence-corrected chi connectivity index (χ3v) is 7.44. The summed E-state index contributed by atoms with van der Waals surface area (Å²) in [5, 5.41) is 5.32. The van der Waals surface area contributed by atoms with E-state index in [9.17, 15) is 18.0 Å². The maximum Gasteiger partial charge on any atom is 0.251 e. The summed E-state index contributed by atoms with van der Waals surface area (Å²) in [6.45, 7) is 2.70. The fourth-order valence-electron chi connectivity index (χ4n) is 3.68. The molecule has 2 aromatic rings. The van der Waals surface area contributed by atoms with Crippen LogP contribution in [0.25, 0.3) is 0 Å². The van der Waals surface area contributed by atoms with Gasteiger partial charge in [0.05, 0.1) is 11.4 Å². The van der Waals surface area contributed by atoms with Crippen molar-refractivity contribution in [1.29, 1.82) is 0 Å². The van der Waals surface area contributed by atoms with Crippen molar-refractivity contribution in [1.82, 2.24) is 14.9 Å². The summed E-state index contributed by atoms with van der Waals surface area (Å²) < 4.78 is 27.5. The molecule has 2 N–H and O–H groups in total. The number of hydrogen-bond donors (Lipinski definition) is 2. The van der Waals surface area contributed by atoms with Crippen molar-refractivity contribution in [2.75, 3.05) is 19.6 Å². The molecule has 8 heteroatoms. The Morgan fingerprint density at radius 3 is 2.55 bits per heavy atom. The van der Waals surface area contributed by atoms with Crippen LogP contribution in [0.4, 0.5) is 0 Å². The molecule has 0 bridgehead atoms. The van der Waals surface area contributed by atoms with Gasteiger partial charge in [0, 0.05) is 24.7 Å². The number of carbonyl (C=O) groups is 2. The molecule has 31 heavy (non-hydrogen) atoms. The Hall–Kier alpha value is -2.71. The molecule has 1 heterocycles. The monoisotopic (exact) mass is 443 g/mol. The number of nitrogens with zero attached hydrogens (tertiary/aromatic N) is 1. The first-order valence-corrected chi connectivity index (χ1v) is 12.0. The number of amides is 2. The lowest BCUT2D eigenvalue weighted by atomic mass is 10.1. The number of piperidine rings is 1. The molecule has 7 nitrogen and oxygen atoms in total. The van der Waals surface area contributed by atoms with E-state index in [-0.39, 0.29) is 29.0 Å². The van der Waals surface area contributed by atoms with Gasteiger partial charge in [0.1, 0.15) is 0 Å². The van der Waals surface area contributed by atoms with E-state index in [0.717, 1.165) is 24.8 Å². The van der Waals surface area contributed by atoms with Crippen LogP contribution in [0.15, 0.2) is 59.5 Å². The highest BCUT2D eigenvalue weighted by Gasteiger charge is 2.31. The Bertz CT molecular complexity index is 1010. The molecule has 166 valence electrons. The van der Waals surface area contributed by atoms with Crippen molar-refractivity contribution in [3.8, 4) is 0 Å².